The second-order valence-electron chi connectivity index (χ2n) is 8.60. The highest BCUT2D eigenvalue weighted by Gasteiger charge is 2.19. The van der Waals surface area contributed by atoms with Gasteiger partial charge in [-0.2, -0.15) is 0 Å². The molecule has 1 aliphatic rings. The topological polar surface area (TPSA) is 32.6 Å². The summed E-state index contributed by atoms with van der Waals surface area (Å²) in [5.41, 5.74) is 10.5. The van der Waals surface area contributed by atoms with Gasteiger partial charge in [0.1, 0.15) is 0 Å². The fraction of sp³-hybridized carbons (Fsp3) is 0.393. The van der Waals surface area contributed by atoms with Crippen molar-refractivity contribution < 1.29 is 5.11 Å². The average molecular weight is 436 g/mol. The Bertz CT molecular complexity index is 1030. The van der Waals surface area contributed by atoms with Crippen molar-refractivity contribution in [2.24, 2.45) is 4.99 Å². The van der Waals surface area contributed by atoms with Crippen molar-refractivity contribution in [2.75, 3.05) is 0 Å². The standard InChI is InChI=1S/C28H34ClNO/c1-6-23-24(22-12-10-21(11-13-22)18(3)4)14-8-19(5)28(30-27(23)7-2)25-16-20(17-31)9-15-26(25)29/h9-13,15-16,18,31H,6-8,14,17H2,1-5H3/b24-23+,28-19+,30-27-. The third-order valence-corrected chi connectivity index (χ3v) is 6.53. The number of hydrogen-bond donors (Lipinski definition) is 1. The van der Waals surface area contributed by atoms with Gasteiger partial charge in [-0.25, -0.2) is 0 Å². The van der Waals surface area contributed by atoms with Gasteiger partial charge in [0, 0.05) is 16.3 Å². The van der Waals surface area contributed by atoms with Gasteiger partial charge in [-0.15, -0.1) is 0 Å². The third-order valence-electron chi connectivity index (χ3n) is 6.20. The van der Waals surface area contributed by atoms with Crippen LogP contribution in [0.3, 0.4) is 0 Å². The van der Waals surface area contributed by atoms with Crippen LogP contribution < -0.4 is 0 Å². The monoisotopic (exact) mass is 435 g/mol. The molecule has 1 aliphatic heterocycles. The predicted octanol–water partition coefficient (Wildman–Crippen LogP) is 8.20. The van der Waals surface area contributed by atoms with E-state index in [0.717, 1.165) is 48.2 Å². The van der Waals surface area contributed by atoms with E-state index >= 15 is 0 Å². The number of halogens is 1. The van der Waals surface area contributed by atoms with E-state index in [4.69, 9.17) is 16.6 Å². The lowest BCUT2D eigenvalue weighted by Gasteiger charge is -2.22. The lowest BCUT2D eigenvalue weighted by Crippen LogP contribution is -2.09. The van der Waals surface area contributed by atoms with Gasteiger partial charge in [0.05, 0.1) is 12.3 Å². The maximum absolute atomic E-state index is 9.61. The molecule has 2 nitrogen and oxygen atoms in total. The number of aliphatic hydroxyl groups is 1. The largest absolute Gasteiger partial charge is 0.392 e. The van der Waals surface area contributed by atoms with Crippen LogP contribution in [0.25, 0.3) is 11.3 Å². The summed E-state index contributed by atoms with van der Waals surface area (Å²) in [6.45, 7) is 11.0. The van der Waals surface area contributed by atoms with Crippen molar-refractivity contribution in [2.45, 2.75) is 72.8 Å². The SMILES string of the molecule is CCC1=N/C(c2cc(CO)ccc2Cl)=C(\C)CC/C(c2ccc(C(C)C)cc2)=C\1CC. The molecule has 0 radical (unpaired) electrons. The molecular weight excluding hydrogens is 402 g/mol. The van der Waals surface area contributed by atoms with Crippen molar-refractivity contribution in [1.82, 2.24) is 0 Å². The summed E-state index contributed by atoms with van der Waals surface area (Å²) in [6, 6.07) is 14.8. The Labute approximate surface area is 192 Å². The van der Waals surface area contributed by atoms with Gasteiger partial charge < -0.3 is 5.11 Å². The summed E-state index contributed by atoms with van der Waals surface area (Å²) < 4.78 is 0. The van der Waals surface area contributed by atoms with Gasteiger partial charge in [-0.05, 0) is 84.1 Å². The number of aliphatic hydroxyl groups excluding tert-OH is 1. The Morgan fingerprint density at radius 2 is 1.71 bits per heavy atom. The number of hydrogen-bond acceptors (Lipinski definition) is 2. The van der Waals surface area contributed by atoms with Crippen molar-refractivity contribution in [3.63, 3.8) is 0 Å². The summed E-state index contributed by atoms with van der Waals surface area (Å²) in [4.78, 5) is 5.19. The molecule has 0 atom stereocenters. The molecule has 0 saturated carbocycles. The zero-order chi connectivity index (χ0) is 22.5. The number of benzene rings is 2. The van der Waals surface area contributed by atoms with Crippen LogP contribution in [-0.4, -0.2) is 10.8 Å². The van der Waals surface area contributed by atoms with Crippen LogP contribution in [-0.2, 0) is 6.61 Å². The fourth-order valence-corrected chi connectivity index (χ4v) is 4.50. The minimum Gasteiger partial charge on any atom is -0.392 e. The van der Waals surface area contributed by atoms with E-state index in [1.54, 1.807) is 0 Å². The molecule has 0 spiro atoms. The van der Waals surface area contributed by atoms with Crippen molar-refractivity contribution in [3.05, 3.63) is 80.9 Å². The molecule has 2 aromatic rings. The first kappa shape index (κ1) is 23.5. The molecule has 3 rings (SSSR count). The molecule has 0 aromatic heterocycles. The van der Waals surface area contributed by atoms with Crippen LogP contribution in [0.2, 0.25) is 5.02 Å². The summed E-state index contributed by atoms with van der Waals surface area (Å²) in [7, 11) is 0. The van der Waals surface area contributed by atoms with Crippen LogP contribution in [0.5, 0.6) is 0 Å². The van der Waals surface area contributed by atoms with Crippen molar-refractivity contribution >= 4 is 28.6 Å². The molecule has 164 valence electrons. The van der Waals surface area contributed by atoms with Gasteiger partial charge in [-0.1, -0.05) is 69.6 Å². The second-order valence-corrected chi connectivity index (χ2v) is 9.01. The molecule has 0 saturated heterocycles. The maximum Gasteiger partial charge on any atom is 0.0709 e. The smallest absolute Gasteiger partial charge is 0.0709 e. The molecule has 1 heterocycles. The summed E-state index contributed by atoms with van der Waals surface area (Å²) in [5.74, 6) is 0.533. The quantitative estimate of drug-likeness (QED) is 0.487. The average Bonchev–Trinajstić information content (AvgIpc) is 2.77. The highest BCUT2D eigenvalue weighted by molar-refractivity contribution is 6.32. The van der Waals surface area contributed by atoms with Gasteiger partial charge in [-0.3, -0.25) is 4.99 Å². The highest BCUT2D eigenvalue weighted by Crippen LogP contribution is 2.37. The first-order chi connectivity index (χ1) is 14.9. The number of nitrogens with zero attached hydrogens (tertiary/aromatic N) is 1. The van der Waals surface area contributed by atoms with E-state index in [2.05, 4.69) is 58.9 Å². The Hall–Kier alpha value is -2.16. The third kappa shape index (κ3) is 5.19. The molecule has 2 aromatic carbocycles. The second kappa shape index (κ2) is 10.4. The fourth-order valence-electron chi connectivity index (χ4n) is 4.29. The maximum atomic E-state index is 9.61. The Balaban J connectivity index is 2.14. The van der Waals surface area contributed by atoms with Crippen LogP contribution >= 0.6 is 11.6 Å². The van der Waals surface area contributed by atoms with E-state index in [-0.39, 0.29) is 6.61 Å². The molecular formula is C28H34ClNO. The predicted molar refractivity (Wildman–Crippen MR) is 135 cm³/mol. The molecule has 1 N–H and O–H groups in total. The lowest BCUT2D eigenvalue weighted by molar-refractivity contribution is 0.282. The number of rotatable bonds is 6. The van der Waals surface area contributed by atoms with Crippen molar-refractivity contribution in [1.29, 1.82) is 0 Å². The van der Waals surface area contributed by atoms with Gasteiger partial charge in [0.25, 0.3) is 0 Å². The van der Waals surface area contributed by atoms with E-state index in [9.17, 15) is 5.11 Å². The molecule has 31 heavy (non-hydrogen) atoms. The Kier molecular flexibility index (Phi) is 7.91. The molecule has 0 unspecified atom stereocenters. The minimum absolute atomic E-state index is 0.00250. The zero-order valence-electron chi connectivity index (χ0n) is 19.4. The van der Waals surface area contributed by atoms with E-state index in [1.807, 2.05) is 18.2 Å². The number of allylic oxidation sites excluding steroid dienone is 3. The summed E-state index contributed by atoms with van der Waals surface area (Å²) >= 11 is 6.57. The molecule has 0 aliphatic carbocycles. The molecule has 0 fully saturated rings. The van der Waals surface area contributed by atoms with Crippen LogP contribution in [0, 0.1) is 0 Å². The van der Waals surface area contributed by atoms with E-state index in [1.165, 1.54) is 27.8 Å². The normalized spacial score (nSPS) is 21.6. The lowest BCUT2D eigenvalue weighted by atomic mass is 9.87. The van der Waals surface area contributed by atoms with Crippen molar-refractivity contribution in [3.8, 4) is 0 Å². The Morgan fingerprint density at radius 1 is 1.00 bits per heavy atom. The first-order valence-electron chi connectivity index (χ1n) is 11.4. The summed E-state index contributed by atoms with van der Waals surface area (Å²) in [6.07, 6.45) is 3.73. The van der Waals surface area contributed by atoms with Crippen LogP contribution in [0.15, 0.2) is 58.6 Å². The van der Waals surface area contributed by atoms with E-state index < -0.39 is 0 Å². The van der Waals surface area contributed by atoms with Gasteiger partial charge in [0.15, 0.2) is 0 Å². The van der Waals surface area contributed by atoms with Crippen LogP contribution in [0.4, 0.5) is 0 Å². The zero-order valence-corrected chi connectivity index (χ0v) is 20.2. The highest BCUT2D eigenvalue weighted by atomic mass is 35.5. The molecule has 0 amide bonds. The minimum atomic E-state index is -0.00250. The van der Waals surface area contributed by atoms with Crippen LogP contribution in [0.1, 0.15) is 88.5 Å². The number of aliphatic imine (C=N–C) groups is 1. The van der Waals surface area contributed by atoms with Gasteiger partial charge >= 0.3 is 0 Å². The van der Waals surface area contributed by atoms with Gasteiger partial charge in [0.2, 0.25) is 0 Å². The first-order valence-corrected chi connectivity index (χ1v) is 11.8. The molecule has 0 bridgehead atoms. The Morgan fingerprint density at radius 3 is 2.29 bits per heavy atom. The molecule has 3 heteroatoms. The van der Waals surface area contributed by atoms with E-state index in [0.29, 0.717) is 10.9 Å². The summed E-state index contributed by atoms with van der Waals surface area (Å²) in [5, 5.41) is 10.3.